The van der Waals surface area contributed by atoms with Gasteiger partial charge >= 0.3 is 0 Å². The standard InChI is InChI=1S/C25H24FN3O2S2/c1-4-7-20-16(3)22-23(33-20)28-25(29(24(22)31)18-12-10-17(26)11-13-18)32-14-21(30)27-19-9-6-5-8-15(19)2/h5-6,8-13H,4,7,14H2,1-3H3,(H,27,30). The molecule has 0 atom stereocenters. The molecule has 0 saturated carbocycles. The topological polar surface area (TPSA) is 64.0 Å². The summed E-state index contributed by atoms with van der Waals surface area (Å²) >= 11 is 2.71. The van der Waals surface area contributed by atoms with Crippen LogP contribution in [0.25, 0.3) is 15.9 Å². The Balaban J connectivity index is 1.73. The van der Waals surface area contributed by atoms with Crippen molar-refractivity contribution in [3.8, 4) is 5.69 Å². The summed E-state index contributed by atoms with van der Waals surface area (Å²) < 4.78 is 15.0. The number of aromatic nitrogens is 2. The van der Waals surface area contributed by atoms with Crippen molar-refractivity contribution in [2.45, 2.75) is 38.8 Å². The average Bonchev–Trinajstić information content (AvgIpc) is 3.10. The number of hydrogen-bond acceptors (Lipinski definition) is 5. The molecule has 5 nitrogen and oxygen atoms in total. The fraction of sp³-hybridized carbons (Fsp3) is 0.240. The molecular formula is C25H24FN3O2S2. The van der Waals surface area contributed by atoms with Crippen LogP contribution in [0.5, 0.6) is 0 Å². The van der Waals surface area contributed by atoms with Gasteiger partial charge in [0.05, 0.1) is 16.8 Å². The van der Waals surface area contributed by atoms with Crippen LogP contribution < -0.4 is 10.9 Å². The molecule has 0 aliphatic carbocycles. The minimum absolute atomic E-state index is 0.0830. The maximum Gasteiger partial charge on any atom is 0.267 e. The Bertz CT molecular complexity index is 1380. The van der Waals surface area contributed by atoms with Gasteiger partial charge in [-0.15, -0.1) is 11.3 Å². The molecule has 33 heavy (non-hydrogen) atoms. The molecule has 1 N–H and O–H groups in total. The maximum absolute atomic E-state index is 13.6. The van der Waals surface area contributed by atoms with Gasteiger partial charge in [-0.1, -0.05) is 43.3 Å². The fourth-order valence-corrected chi connectivity index (χ4v) is 5.75. The Morgan fingerprint density at radius 1 is 1.15 bits per heavy atom. The predicted octanol–water partition coefficient (Wildman–Crippen LogP) is 5.89. The van der Waals surface area contributed by atoms with Crippen LogP contribution in [0.2, 0.25) is 0 Å². The van der Waals surface area contributed by atoms with Gasteiger partial charge in [-0.25, -0.2) is 9.37 Å². The van der Waals surface area contributed by atoms with Crippen molar-refractivity contribution in [1.29, 1.82) is 0 Å². The van der Waals surface area contributed by atoms with E-state index in [-0.39, 0.29) is 23.0 Å². The van der Waals surface area contributed by atoms with Crippen molar-refractivity contribution >= 4 is 44.9 Å². The lowest BCUT2D eigenvalue weighted by Gasteiger charge is -2.13. The maximum atomic E-state index is 13.6. The highest BCUT2D eigenvalue weighted by molar-refractivity contribution is 7.99. The Kier molecular flexibility index (Phi) is 6.95. The Morgan fingerprint density at radius 2 is 1.88 bits per heavy atom. The second kappa shape index (κ2) is 9.89. The predicted molar refractivity (Wildman–Crippen MR) is 134 cm³/mol. The van der Waals surface area contributed by atoms with E-state index in [0.29, 0.717) is 21.1 Å². The first kappa shape index (κ1) is 23.2. The molecule has 4 rings (SSSR count). The average molecular weight is 482 g/mol. The van der Waals surface area contributed by atoms with Gasteiger partial charge in [-0.2, -0.15) is 0 Å². The number of benzene rings is 2. The van der Waals surface area contributed by atoms with E-state index in [1.165, 1.54) is 39.8 Å². The van der Waals surface area contributed by atoms with Crippen LogP contribution in [-0.4, -0.2) is 21.2 Å². The number of halogens is 1. The lowest BCUT2D eigenvalue weighted by molar-refractivity contribution is -0.113. The molecule has 170 valence electrons. The Hall–Kier alpha value is -2.97. The van der Waals surface area contributed by atoms with E-state index in [9.17, 15) is 14.0 Å². The van der Waals surface area contributed by atoms with Crippen molar-refractivity contribution < 1.29 is 9.18 Å². The minimum Gasteiger partial charge on any atom is -0.325 e. The molecule has 0 saturated heterocycles. The highest BCUT2D eigenvalue weighted by Gasteiger charge is 2.20. The molecule has 0 fully saturated rings. The lowest BCUT2D eigenvalue weighted by Crippen LogP contribution is -2.23. The molecule has 1 amide bonds. The third-order valence-electron chi connectivity index (χ3n) is 5.35. The summed E-state index contributed by atoms with van der Waals surface area (Å²) in [7, 11) is 0. The van der Waals surface area contributed by atoms with Crippen LogP contribution in [0.15, 0.2) is 58.5 Å². The van der Waals surface area contributed by atoms with E-state index in [0.717, 1.165) is 34.5 Å². The van der Waals surface area contributed by atoms with Crippen molar-refractivity contribution in [2.75, 3.05) is 11.1 Å². The summed E-state index contributed by atoms with van der Waals surface area (Å²) in [5.74, 6) is -0.493. The SMILES string of the molecule is CCCc1sc2nc(SCC(=O)Nc3ccccc3C)n(-c3ccc(F)cc3)c(=O)c2c1C. The summed E-state index contributed by atoms with van der Waals surface area (Å²) in [5, 5.41) is 3.90. The molecule has 8 heteroatoms. The van der Waals surface area contributed by atoms with E-state index in [1.807, 2.05) is 38.1 Å². The molecule has 0 radical (unpaired) electrons. The van der Waals surface area contributed by atoms with Crippen molar-refractivity contribution in [3.63, 3.8) is 0 Å². The number of para-hydroxylation sites is 1. The molecule has 0 bridgehead atoms. The van der Waals surface area contributed by atoms with Crippen LogP contribution in [0.4, 0.5) is 10.1 Å². The lowest BCUT2D eigenvalue weighted by atomic mass is 10.1. The molecule has 2 aromatic carbocycles. The van der Waals surface area contributed by atoms with Gasteiger partial charge in [0.15, 0.2) is 5.16 Å². The summed E-state index contributed by atoms with van der Waals surface area (Å²) in [6, 6.07) is 13.3. The largest absolute Gasteiger partial charge is 0.325 e. The summed E-state index contributed by atoms with van der Waals surface area (Å²) in [5.41, 5.74) is 2.97. The van der Waals surface area contributed by atoms with E-state index in [2.05, 4.69) is 12.2 Å². The van der Waals surface area contributed by atoms with Crippen LogP contribution in [0.3, 0.4) is 0 Å². The molecule has 2 heterocycles. The molecule has 0 aliphatic rings. The van der Waals surface area contributed by atoms with E-state index >= 15 is 0 Å². The quantitative estimate of drug-likeness (QED) is 0.264. The molecule has 4 aromatic rings. The monoisotopic (exact) mass is 481 g/mol. The zero-order valence-corrected chi connectivity index (χ0v) is 20.3. The normalized spacial score (nSPS) is 11.2. The van der Waals surface area contributed by atoms with Gasteiger partial charge in [-0.05, 0) is 61.7 Å². The number of thiophene rings is 1. The number of nitrogens with zero attached hydrogens (tertiary/aromatic N) is 2. The summed E-state index contributed by atoms with van der Waals surface area (Å²) in [6.07, 6.45) is 1.85. The number of hydrogen-bond donors (Lipinski definition) is 1. The number of carbonyl (C=O) groups excluding carboxylic acids is 1. The van der Waals surface area contributed by atoms with E-state index in [1.54, 1.807) is 12.1 Å². The molecule has 0 spiro atoms. The first-order valence-corrected chi connectivity index (χ1v) is 12.5. The number of rotatable bonds is 7. The second-order valence-corrected chi connectivity index (χ2v) is 9.77. The van der Waals surface area contributed by atoms with Crippen LogP contribution >= 0.6 is 23.1 Å². The van der Waals surface area contributed by atoms with Gasteiger partial charge in [-0.3, -0.25) is 14.2 Å². The van der Waals surface area contributed by atoms with Crippen molar-refractivity contribution in [1.82, 2.24) is 9.55 Å². The van der Waals surface area contributed by atoms with Gasteiger partial charge in [0.2, 0.25) is 5.91 Å². The van der Waals surface area contributed by atoms with Gasteiger partial charge in [0, 0.05) is 10.6 Å². The summed E-state index contributed by atoms with van der Waals surface area (Å²) in [4.78, 5) is 32.8. The van der Waals surface area contributed by atoms with Crippen molar-refractivity contribution in [3.05, 3.63) is 80.7 Å². The number of carbonyl (C=O) groups is 1. The van der Waals surface area contributed by atoms with E-state index < -0.39 is 0 Å². The van der Waals surface area contributed by atoms with Crippen LogP contribution in [0, 0.1) is 19.7 Å². The Morgan fingerprint density at radius 3 is 2.58 bits per heavy atom. The van der Waals surface area contributed by atoms with Gasteiger partial charge in [0.1, 0.15) is 10.6 Å². The highest BCUT2D eigenvalue weighted by atomic mass is 32.2. The highest BCUT2D eigenvalue weighted by Crippen LogP contribution is 2.31. The fourth-order valence-electron chi connectivity index (χ4n) is 3.62. The molecule has 0 unspecified atom stereocenters. The first-order valence-electron chi connectivity index (χ1n) is 10.7. The Labute approximate surface area is 199 Å². The summed E-state index contributed by atoms with van der Waals surface area (Å²) in [6.45, 7) is 5.98. The first-order chi connectivity index (χ1) is 15.9. The van der Waals surface area contributed by atoms with Gasteiger partial charge < -0.3 is 5.32 Å². The van der Waals surface area contributed by atoms with Crippen LogP contribution in [0.1, 0.15) is 29.3 Å². The number of amides is 1. The van der Waals surface area contributed by atoms with E-state index in [4.69, 9.17) is 4.98 Å². The minimum atomic E-state index is -0.385. The zero-order chi connectivity index (χ0) is 23.5. The van der Waals surface area contributed by atoms with Crippen LogP contribution in [-0.2, 0) is 11.2 Å². The third kappa shape index (κ3) is 4.86. The number of anilines is 1. The van der Waals surface area contributed by atoms with Crippen molar-refractivity contribution in [2.24, 2.45) is 0 Å². The number of nitrogens with one attached hydrogen (secondary N) is 1. The third-order valence-corrected chi connectivity index (χ3v) is 7.53. The smallest absolute Gasteiger partial charge is 0.267 e. The number of thioether (sulfide) groups is 1. The number of aryl methyl sites for hydroxylation is 3. The number of fused-ring (bicyclic) bond motifs is 1. The van der Waals surface area contributed by atoms with Gasteiger partial charge in [0.25, 0.3) is 5.56 Å². The zero-order valence-electron chi connectivity index (χ0n) is 18.6. The second-order valence-electron chi connectivity index (χ2n) is 7.74. The molecule has 0 aliphatic heterocycles. The molecule has 2 aromatic heterocycles. The molecular weight excluding hydrogens is 457 g/mol.